The molecule has 2 atom stereocenters. The van der Waals surface area contributed by atoms with Crippen LogP contribution in [0.25, 0.3) is 0 Å². The lowest BCUT2D eigenvalue weighted by molar-refractivity contribution is -0.130. The lowest BCUT2D eigenvalue weighted by Crippen LogP contribution is -2.46. The number of likely N-dealkylation sites (N-methyl/N-ethyl adjacent to an activating group) is 1. The second-order valence-corrected chi connectivity index (χ2v) is 16.8. The summed E-state index contributed by atoms with van der Waals surface area (Å²) >= 11 is 3.18. The number of alkyl halides is 1. The van der Waals surface area contributed by atoms with E-state index in [0.717, 1.165) is 77.0 Å². The Balaban J connectivity index is 0.000000522. The fourth-order valence-electron chi connectivity index (χ4n) is 6.05. The van der Waals surface area contributed by atoms with Crippen molar-refractivity contribution in [2.24, 2.45) is 11.8 Å². The number of ether oxygens (including phenoxy) is 2. The molecular weight excluding hydrogens is 734 g/mol. The predicted octanol–water partition coefficient (Wildman–Crippen LogP) is 5.81. The van der Waals surface area contributed by atoms with Gasteiger partial charge in [-0.15, -0.1) is 0 Å². The summed E-state index contributed by atoms with van der Waals surface area (Å²) in [6.45, 7) is 12.2. The minimum atomic E-state index is -0.516. The molecule has 2 rings (SSSR count). The number of carbonyl (C=O) groups excluding carboxylic acids is 6. The summed E-state index contributed by atoms with van der Waals surface area (Å²) < 4.78 is 10.4. The fourth-order valence-corrected chi connectivity index (χ4v) is 6.44. The Hall–Kier alpha value is -2.74. The summed E-state index contributed by atoms with van der Waals surface area (Å²) in [5.41, 5.74) is -1.03. The molecule has 0 aliphatic heterocycles. The van der Waals surface area contributed by atoms with Gasteiger partial charge in [0.1, 0.15) is 11.2 Å². The number of alkyl carbamates (subject to hydrolysis) is 2. The summed E-state index contributed by atoms with van der Waals surface area (Å²) in [6.07, 6.45) is 11.3. The zero-order valence-electron chi connectivity index (χ0n) is 33.1. The van der Waals surface area contributed by atoms with E-state index in [1.54, 1.807) is 0 Å². The number of unbranched alkanes of at least 4 members (excludes halogenated alkanes) is 2. The first kappa shape index (κ1) is 47.3. The first-order valence-electron chi connectivity index (χ1n) is 19.1. The minimum Gasteiger partial charge on any atom is -0.444 e. The molecule has 4 amide bonds. The summed E-state index contributed by atoms with van der Waals surface area (Å²) in [7, 11) is 3.69. The van der Waals surface area contributed by atoms with Gasteiger partial charge in [0, 0.05) is 24.9 Å². The summed E-state index contributed by atoms with van der Waals surface area (Å²) in [5.74, 6) is 0.144. The molecule has 2 saturated carbocycles. The number of carbonyl (C=O) groups is 6. The van der Waals surface area contributed by atoms with E-state index < -0.39 is 35.5 Å². The molecule has 300 valence electrons. The van der Waals surface area contributed by atoms with Gasteiger partial charge >= 0.3 is 12.2 Å². The maximum absolute atomic E-state index is 12.5. The first-order chi connectivity index (χ1) is 24.3. The number of ketones is 2. The van der Waals surface area contributed by atoms with E-state index in [9.17, 15) is 28.8 Å². The monoisotopic (exact) mass is 801 g/mol. The van der Waals surface area contributed by atoms with Gasteiger partial charge in [0.15, 0.2) is 11.6 Å². The highest BCUT2D eigenvalue weighted by molar-refractivity contribution is 9.09. The molecule has 0 unspecified atom stereocenters. The van der Waals surface area contributed by atoms with E-state index >= 15 is 0 Å². The molecule has 0 bridgehead atoms. The van der Waals surface area contributed by atoms with E-state index in [1.165, 1.54) is 0 Å². The maximum atomic E-state index is 12.5. The highest BCUT2D eigenvalue weighted by atomic mass is 79.9. The number of nitrogens with one attached hydrogen (secondary N) is 4. The molecule has 4 N–H and O–H groups in total. The predicted molar refractivity (Wildman–Crippen MR) is 206 cm³/mol. The van der Waals surface area contributed by atoms with Gasteiger partial charge in [-0.1, -0.05) is 41.6 Å². The van der Waals surface area contributed by atoms with E-state index in [2.05, 4.69) is 37.2 Å². The third-order valence-corrected chi connectivity index (χ3v) is 9.19. The lowest BCUT2D eigenvalue weighted by atomic mass is 10.0. The van der Waals surface area contributed by atoms with Crippen molar-refractivity contribution in [2.75, 3.05) is 39.1 Å². The van der Waals surface area contributed by atoms with E-state index in [-0.39, 0.29) is 40.5 Å². The van der Waals surface area contributed by atoms with Gasteiger partial charge in [-0.3, -0.25) is 19.2 Å². The lowest BCUT2D eigenvalue weighted by Gasteiger charge is -2.22. The molecule has 13 nitrogen and oxygen atoms in total. The van der Waals surface area contributed by atoms with Crippen molar-refractivity contribution < 1.29 is 38.2 Å². The normalized spacial score (nSPS) is 16.3. The van der Waals surface area contributed by atoms with Crippen LogP contribution < -0.4 is 21.3 Å². The molecule has 2 aliphatic carbocycles. The molecule has 0 saturated heterocycles. The van der Waals surface area contributed by atoms with Crippen LogP contribution in [0.3, 0.4) is 0 Å². The number of rotatable bonds is 19. The fraction of sp³-hybridized carbons (Fsp3) is 0.842. The molecule has 0 heterocycles. The van der Waals surface area contributed by atoms with Crippen LogP contribution in [0.5, 0.6) is 0 Å². The smallest absolute Gasteiger partial charge is 0.407 e. The molecule has 14 heteroatoms. The quantitative estimate of drug-likeness (QED) is 0.0930. The Kier molecular flexibility index (Phi) is 22.3. The number of hydrogen-bond acceptors (Lipinski definition) is 9. The average molecular weight is 803 g/mol. The summed E-state index contributed by atoms with van der Waals surface area (Å²) in [5, 5.41) is 11.5. The van der Waals surface area contributed by atoms with Crippen molar-refractivity contribution in [3.05, 3.63) is 0 Å². The second-order valence-electron chi connectivity index (χ2n) is 16.2. The van der Waals surface area contributed by atoms with Crippen LogP contribution in [0, 0.1) is 11.8 Å². The highest BCUT2D eigenvalue weighted by Crippen LogP contribution is 2.26. The summed E-state index contributed by atoms with van der Waals surface area (Å²) in [4.78, 5) is 74.2. The van der Waals surface area contributed by atoms with Crippen molar-refractivity contribution in [1.82, 2.24) is 26.2 Å². The average Bonchev–Trinajstić information content (AvgIpc) is 3.77. The largest absolute Gasteiger partial charge is 0.444 e. The van der Waals surface area contributed by atoms with E-state index in [0.29, 0.717) is 32.5 Å². The molecule has 0 aromatic heterocycles. The van der Waals surface area contributed by atoms with Gasteiger partial charge in [0.2, 0.25) is 11.8 Å². The Labute approximate surface area is 320 Å². The Morgan fingerprint density at radius 2 is 1.00 bits per heavy atom. The molecule has 0 radical (unpaired) electrons. The Bertz CT molecular complexity index is 1130. The van der Waals surface area contributed by atoms with Crippen molar-refractivity contribution in [3.8, 4) is 0 Å². The SMILES string of the molecule is CC(C)(C)OC(=O)NCCCC[C@H](NC(=O)C1CCCC1)C(=O)CBr.CN(C)CC(=O)[C@H](CCCCNC(=O)OC(C)(C)C)NC(=O)C1CCCC1. The standard InChI is InChI=1S/C20H37N3O4.C18H31BrN2O4/c1-20(2,3)27-19(26)21-13-9-8-12-16(17(24)14-23(4)5)22-18(25)15-10-6-7-11-15;1-18(2,3)25-17(24)20-11-7-6-10-14(15(22)12-19)21-16(23)13-8-4-5-9-13/h15-16H,6-14H2,1-5H3,(H,21,26)(H,22,25);13-14H,4-12H2,1-3H3,(H,20,24)(H,21,23)/t16-;14-/m00/s1. The third kappa shape index (κ3) is 22.4. The topological polar surface area (TPSA) is 172 Å². The zero-order valence-corrected chi connectivity index (χ0v) is 34.7. The third-order valence-electron chi connectivity index (χ3n) is 8.64. The van der Waals surface area contributed by atoms with Gasteiger partial charge in [-0.2, -0.15) is 0 Å². The van der Waals surface area contributed by atoms with Gasteiger partial charge < -0.3 is 35.6 Å². The molecule has 0 aromatic carbocycles. The molecule has 2 aliphatic rings. The number of amides is 4. The van der Waals surface area contributed by atoms with Gasteiger partial charge in [0.05, 0.1) is 24.0 Å². The molecule has 2 fully saturated rings. The van der Waals surface area contributed by atoms with Crippen molar-refractivity contribution in [3.63, 3.8) is 0 Å². The highest BCUT2D eigenvalue weighted by Gasteiger charge is 2.28. The minimum absolute atomic E-state index is 0.00341. The van der Waals surface area contributed by atoms with Crippen LogP contribution in [0.1, 0.15) is 131 Å². The van der Waals surface area contributed by atoms with Gasteiger partial charge in [0.25, 0.3) is 0 Å². The maximum Gasteiger partial charge on any atom is 0.407 e. The zero-order chi connectivity index (χ0) is 39.3. The van der Waals surface area contributed by atoms with Crippen LogP contribution in [-0.4, -0.2) is 103 Å². The van der Waals surface area contributed by atoms with Gasteiger partial charge in [-0.05, 0) is 120 Å². The van der Waals surface area contributed by atoms with Crippen molar-refractivity contribution in [2.45, 2.75) is 155 Å². The molecular formula is C38H68BrN5O8. The van der Waals surface area contributed by atoms with Crippen LogP contribution >= 0.6 is 15.9 Å². The van der Waals surface area contributed by atoms with Crippen LogP contribution in [0.2, 0.25) is 0 Å². The summed E-state index contributed by atoms with van der Waals surface area (Å²) in [6, 6.07) is -0.906. The number of nitrogens with zero attached hydrogens (tertiary/aromatic N) is 1. The second kappa shape index (κ2) is 24.6. The molecule has 0 spiro atoms. The molecule has 52 heavy (non-hydrogen) atoms. The van der Waals surface area contributed by atoms with Crippen LogP contribution in [0.4, 0.5) is 9.59 Å². The number of hydrogen-bond donors (Lipinski definition) is 4. The Morgan fingerprint density at radius 3 is 1.33 bits per heavy atom. The van der Waals surface area contributed by atoms with Crippen LogP contribution in [-0.2, 0) is 28.7 Å². The van der Waals surface area contributed by atoms with Crippen LogP contribution in [0.15, 0.2) is 0 Å². The van der Waals surface area contributed by atoms with E-state index in [1.807, 2.05) is 60.5 Å². The van der Waals surface area contributed by atoms with Crippen molar-refractivity contribution >= 4 is 51.5 Å². The first-order valence-corrected chi connectivity index (χ1v) is 20.2. The number of halogens is 1. The number of Topliss-reactive ketones (excluding diaryl/α,β-unsaturated/α-hetero) is 2. The Morgan fingerprint density at radius 1 is 0.635 bits per heavy atom. The van der Waals surface area contributed by atoms with Gasteiger partial charge in [-0.25, -0.2) is 9.59 Å². The molecule has 0 aromatic rings. The van der Waals surface area contributed by atoms with E-state index in [4.69, 9.17) is 9.47 Å². The van der Waals surface area contributed by atoms with Crippen molar-refractivity contribution in [1.29, 1.82) is 0 Å².